The van der Waals surface area contributed by atoms with Gasteiger partial charge in [0.05, 0.1) is 12.7 Å². The lowest BCUT2D eigenvalue weighted by Crippen LogP contribution is -2.40. The van der Waals surface area contributed by atoms with Gasteiger partial charge in [0.2, 0.25) is 0 Å². The van der Waals surface area contributed by atoms with E-state index in [1.165, 1.54) is 0 Å². The Morgan fingerprint density at radius 2 is 1.95 bits per heavy atom. The van der Waals surface area contributed by atoms with E-state index in [1.807, 2.05) is 0 Å². The van der Waals surface area contributed by atoms with Crippen molar-refractivity contribution in [3.05, 3.63) is 0 Å². The summed E-state index contributed by atoms with van der Waals surface area (Å²) in [6.07, 6.45) is 0.577. The standard InChI is InChI=1S/C13H22F3NO2/c14-13(15,16)9-19-8-7-17-6-2-4-11(17)10-3-1-5-12(10)18/h10-12,18H,1-9H2. The van der Waals surface area contributed by atoms with Crippen molar-refractivity contribution in [2.45, 2.75) is 50.4 Å². The summed E-state index contributed by atoms with van der Waals surface area (Å²) in [5.41, 5.74) is 0. The van der Waals surface area contributed by atoms with E-state index in [-0.39, 0.29) is 12.7 Å². The summed E-state index contributed by atoms with van der Waals surface area (Å²) < 4.78 is 40.5. The molecule has 1 aliphatic carbocycles. The first-order chi connectivity index (χ1) is 8.97. The highest BCUT2D eigenvalue weighted by Crippen LogP contribution is 2.35. The summed E-state index contributed by atoms with van der Waals surface area (Å²) in [5.74, 6) is 0.296. The summed E-state index contributed by atoms with van der Waals surface area (Å²) >= 11 is 0. The van der Waals surface area contributed by atoms with E-state index < -0.39 is 12.8 Å². The van der Waals surface area contributed by atoms with Gasteiger partial charge in [-0.15, -0.1) is 0 Å². The Morgan fingerprint density at radius 3 is 2.58 bits per heavy atom. The highest BCUT2D eigenvalue weighted by molar-refractivity contribution is 4.91. The molecule has 3 unspecified atom stereocenters. The lowest BCUT2D eigenvalue weighted by Gasteiger charge is -2.31. The normalized spacial score (nSPS) is 33.2. The van der Waals surface area contributed by atoms with E-state index in [4.69, 9.17) is 0 Å². The predicted octanol–water partition coefficient (Wildman–Crippen LogP) is 2.19. The lowest BCUT2D eigenvalue weighted by molar-refractivity contribution is -0.174. The van der Waals surface area contributed by atoms with Crippen LogP contribution in [0.25, 0.3) is 0 Å². The number of aliphatic hydroxyl groups excluding tert-OH is 1. The summed E-state index contributed by atoms with van der Waals surface area (Å²) in [4.78, 5) is 2.19. The van der Waals surface area contributed by atoms with Gasteiger partial charge < -0.3 is 9.84 Å². The number of likely N-dealkylation sites (tertiary alicyclic amines) is 1. The molecular weight excluding hydrogens is 259 g/mol. The molecule has 1 heterocycles. The average molecular weight is 281 g/mol. The molecule has 1 saturated heterocycles. The SMILES string of the molecule is OC1CCCC1C1CCCN1CCOCC(F)(F)F. The average Bonchev–Trinajstić information content (AvgIpc) is 2.91. The van der Waals surface area contributed by atoms with Crippen LogP contribution in [0.15, 0.2) is 0 Å². The fourth-order valence-electron chi connectivity index (χ4n) is 3.40. The van der Waals surface area contributed by atoms with Crippen molar-refractivity contribution >= 4 is 0 Å². The van der Waals surface area contributed by atoms with Gasteiger partial charge in [0.1, 0.15) is 6.61 Å². The van der Waals surface area contributed by atoms with E-state index in [0.717, 1.165) is 38.6 Å². The molecule has 0 amide bonds. The fourth-order valence-corrected chi connectivity index (χ4v) is 3.40. The summed E-state index contributed by atoms with van der Waals surface area (Å²) in [7, 11) is 0. The van der Waals surface area contributed by atoms with Gasteiger partial charge in [-0.1, -0.05) is 6.42 Å². The predicted molar refractivity (Wildman–Crippen MR) is 64.8 cm³/mol. The number of hydrogen-bond donors (Lipinski definition) is 1. The maximum Gasteiger partial charge on any atom is 0.411 e. The molecule has 6 heteroatoms. The molecule has 1 saturated carbocycles. The zero-order valence-electron chi connectivity index (χ0n) is 11.0. The molecule has 3 nitrogen and oxygen atoms in total. The van der Waals surface area contributed by atoms with Crippen LogP contribution in [0.4, 0.5) is 13.2 Å². The molecule has 1 N–H and O–H groups in total. The third kappa shape index (κ3) is 4.33. The first kappa shape index (κ1) is 15.1. The third-order valence-corrected chi connectivity index (χ3v) is 4.23. The summed E-state index contributed by atoms with van der Waals surface area (Å²) in [5, 5.41) is 9.94. The molecule has 0 bridgehead atoms. The van der Waals surface area contributed by atoms with E-state index in [0.29, 0.717) is 18.5 Å². The van der Waals surface area contributed by atoms with E-state index in [9.17, 15) is 18.3 Å². The molecule has 2 aliphatic rings. The van der Waals surface area contributed by atoms with E-state index in [2.05, 4.69) is 9.64 Å². The number of aliphatic hydroxyl groups is 1. The van der Waals surface area contributed by atoms with Gasteiger partial charge in [-0.3, -0.25) is 4.90 Å². The molecule has 0 aromatic rings. The largest absolute Gasteiger partial charge is 0.411 e. The minimum Gasteiger partial charge on any atom is -0.393 e. The quantitative estimate of drug-likeness (QED) is 0.784. The molecule has 112 valence electrons. The minimum atomic E-state index is -4.24. The Labute approximate surface area is 111 Å². The third-order valence-electron chi connectivity index (χ3n) is 4.23. The molecule has 2 rings (SSSR count). The maximum atomic E-state index is 12.0. The zero-order valence-corrected chi connectivity index (χ0v) is 11.0. The van der Waals surface area contributed by atoms with Crippen molar-refractivity contribution in [3.63, 3.8) is 0 Å². The highest BCUT2D eigenvalue weighted by Gasteiger charge is 2.38. The van der Waals surface area contributed by atoms with Crippen LogP contribution in [0.1, 0.15) is 32.1 Å². The van der Waals surface area contributed by atoms with Crippen LogP contribution in [-0.4, -0.2) is 54.6 Å². The van der Waals surface area contributed by atoms with Gasteiger partial charge in [0.15, 0.2) is 0 Å². The topological polar surface area (TPSA) is 32.7 Å². The lowest BCUT2D eigenvalue weighted by atomic mass is 9.94. The fraction of sp³-hybridized carbons (Fsp3) is 1.00. The highest BCUT2D eigenvalue weighted by atomic mass is 19.4. The molecule has 2 fully saturated rings. The van der Waals surface area contributed by atoms with Crippen molar-refractivity contribution in [1.29, 1.82) is 0 Å². The van der Waals surface area contributed by atoms with Gasteiger partial charge >= 0.3 is 6.18 Å². The number of hydrogen-bond acceptors (Lipinski definition) is 3. The molecule has 0 aromatic heterocycles. The Bertz CT molecular complexity index is 286. The molecule has 0 radical (unpaired) electrons. The molecular formula is C13H22F3NO2. The van der Waals surface area contributed by atoms with Crippen molar-refractivity contribution in [1.82, 2.24) is 4.90 Å². The van der Waals surface area contributed by atoms with Crippen LogP contribution in [-0.2, 0) is 4.74 Å². The minimum absolute atomic E-state index is 0.110. The Kier molecular flexibility index (Phi) is 5.09. The second kappa shape index (κ2) is 6.41. The van der Waals surface area contributed by atoms with Gasteiger partial charge in [0, 0.05) is 18.5 Å². The van der Waals surface area contributed by atoms with Crippen molar-refractivity contribution in [2.75, 3.05) is 26.3 Å². The molecule has 0 spiro atoms. The van der Waals surface area contributed by atoms with E-state index >= 15 is 0 Å². The smallest absolute Gasteiger partial charge is 0.393 e. The van der Waals surface area contributed by atoms with Crippen LogP contribution in [0, 0.1) is 5.92 Å². The van der Waals surface area contributed by atoms with Crippen LogP contribution in [0.3, 0.4) is 0 Å². The monoisotopic (exact) mass is 281 g/mol. The number of rotatable bonds is 5. The number of halogens is 3. The Morgan fingerprint density at radius 1 is 1.16 bits per heavy atom. The van der Waals surface area contributed by atoms with Crippen molar-refractivity contribution in [2.24, 2.45) is 5.92 Å². The van der Waals surface area contributed by atoms with Crippen LogP contribution in [0.2, 0.25) is 0 Å². The molecule has 1 aliphatic heterocycles. The van der Waals surface area contributed by atoms with Gasteiger partial charge in [-0.05, 0) is 32.2 Å². The Balaban J connectivity index is 1.73. The summed E-state index contributed by atoms with van der Waals surface area (Å²) in [6.45, 7) is 0.379. The second-order valence-electron chi connectivity index (χ2n) is 5.58. The molecule has 3 atom stereocenters. The Hall–Kier alpha value is -0.330. The van der Waals surface area contributed by atoms with E-state index in [1.54, 1.807) is 0 Å². The number of ether oxygens (including phenoxy) is 1. The maximum absolute atomic E-state index is 12.0. The second-order valence-corrected chi connectivity index (χ2v) is 5.58. The van der Waals surface area contributed by atoms with Gasteiger partial charge in [-0.2, -0.15) is 13.2 Å². The van der Waals surface area contributed by atoms with Crippen LogP contribution < -0.4 is 0 Å². The summed E-state index contributed by atoms with van der Waals surface area (Å²) in [6, 6.07) is 0.326. The van der Waals surface area contributed by atoms with Gasteiger partial charge in [-0.25, -0.2) is 0 Å². The number of alkyl halides is 3. The van der Waals surface area contributed by atoms with Crippen LogP contribution >= 0.6 is 0 Å². The van der Waals surface area contributed by atoms with Crippen molar-refractivity contribution in [3.8, 4) is 0 Å². The van der Waals surface area contributed by atoms with Crippen LogP contribution in [0.5, 0.6) is 0 Å². The number of nitrogens with zero attached hydrogens (tertiary/aromatic N) is 1. The zero-order chi connectivity index (χ0) is 13.9. The first-order valence-electron chi connectivity index (χ1n) is 7.04. The van der Waals surface area contributed by atoms with Crippen molar-refractivity contribution < 1.29 is 23.0 Å². The van der Waals surface area contributed by atoms with Gasteiger partial charge in [0.25, 0.3) is 0 Å². The first-order valence-corrected chi connectivity index (χ1v) is 7.04. The molecule has 0 aromatic carbocycles. The molecule has 19 heavy (non-hydrogen) atoms.